The van der Waals surface area contributed by atoms with Crippen molar-refractivity contribution in [3.63, 3.8) is 0 Å². The molecule has 0 saturated heterocycles. The minimum atomic E-state index is -0.311. The van der Waals surface area contributed by atoms with Crippen LogP contribution in [-0.2, 0) is 13.5 Å². The van der Waals surface area contributed by atoms with Crippen LogP contribution in [0.15, 0.2) is 29.2 Å². The quantitative estimate of drug-likeness (QED) is 0.830. The van der Waals surface area contributed by atoms with Gasteiger partial charge < -0.3 is 14.8 Å². The zero-order chi connectivity index (χ0) is 17.7. The molecular formula is C17H22ClN3O3. The van der Waals surface area contributed by atoms with Gasteiger partial charge in [-0.25, -0.2) is 4.68 Å². The van der Waals surface area contributed by atoms with Gasteiger partial charge in [-0.05, 0) is 30.0 Å². The highest BCUT2D eigenvalue weighted by Crippen LogP contribution is 2.28. The number of nitrogens with zero attached hydrogens (tertiary/aromatic N) is 2. The molecule has 0 aliphatic heterocycles. The third-order valence-corrected chi connectivity index (χ3v) is 4.12. The van der Waals surface area contributed by atoms with E-state index in [0.29, 0.717) is 29.6 Å². The first-order valence-electron chi connectivity index (χ1n) is 7.62. The van der Waals surface area contributed by atoms with Gasteiger partial charge in [-0.1, -0.05) is 24.6 Å². The smallest absolute Gasteiger partial charge is 0.287 e. The summed E-state index contributed by atoms with van der Waals surface area (Å²) in [6, 6.07) is 5.89. The van der Waals surface area contributed by atoms with Gasteiger partial charge in [0.05, 0.1) is 26.1 Å². The van der Waals surface area contributed by atoms with E-state index in [4.69, 9.17) is 21.1 Å². The van der Waals surface area contributed by atoms with Crippen molar-refractivity contribution in [1.29, 1.82) is 0 Å². The molecule has 0 bridgehead atoms. The molecule has 0 radical (unpaired) electrons. The van der Waals surface area contributed by atoms with Crippen molar-refractivity contribution in [2.24, 2.45) is 13.0 Å². The number of nitrogens with one attached hydrogen (secondary N) is 1. The van der Waals surface area contributed by atoms with Gasteiger partial charge in [0, 0.05) is 13.6 Å². The Hall–Kier alpha value is -2.21. The van der Waals surface area contributed by atoms with E-state index in [1.807, 2.05) is 18.2 Å². The molecule has 2 aromatic rings. The lowest BCUT2D eigenvalue weighted by molar-refractivity contribution is 0.354. The first-order chi connectivity index (χ1) is 11.5. The van der Waals surface area contributed by atoms with E-state index in [0.717, 1.165) is 12.0 Å². The third-order valence-electron chi connectivity index (χ3n) is 3.75. The van der Waals surface area contributed by atoms with Crippen molar-refractivity contribution in [2.75, 3.05) is 26.1 Å². The van der Waals surface area contributed by atoms with E-state index in [9.17, 15) is 4.79 Å². The van der Waals surface area contributed by atoms with Crippen LogP contribution in [0.3, 0.4) is 0 Å². The van der Waals surface area contributed by atoms with E-state index in [2.05, 4.69) is 17.3 Å². The van der Waals surface area contributed by atoms with Crippen LogP contribution in [0, 0.1) is 5.92 Å². The van der Waals surface area contributed by atoms with Gasteiger partial charge in [-0.2, -0.15) is 5.10 Å². The highest BCUT2D eigenvalue weighted by atomic mass is 35.5. The van der Waals surface area contributed by atoms with E-state index in [-0.39, 0.29) is 10.6 Å². The van der Waals surface area contributed by atoms with E-state index in [1.54, 1.807) is 27.5 Å². The second-order valence-electron chi connectivity index (χ2n) is 5.68. The maximum absolute atomic E-state index is 11.8. The Kier molecular flexibility index (Phi) is 6.09. The predicted molar refractivity (Wildman–Crippen MR) is 95.4 cm³/mol. The number of ether oxygens (including phenoxy) is 2. The van der Waals surface area contributed by atoms with Crippen LogP contribution in [0.2, 0.25) is 5.02 Å². The standard InChI is InChI=1S/C17H22ClN3O3/c1-11(7-12-5-6-14(23-3)15(8-12)24-4)9-19-13-10-20-21(2)17(22)16(13)18/h5-6,8,10-11,19H,7,9H2,1-4H3. The van der Waals surface area contributed by atoms with Gasteiger partial charge in [-0.15, -0.1) is 0 Å². The predicted octanol–water partition coefficient (Wildman–Crippen LogP) is 2.74. The second kappa shape index (κ2) is 8.06. The molecular weight excluding hydrogens is 330 g/mol. The minimum absolute atomic E-state index is 0.158. The van der Waals surface area contributed by atoms with Gasteiger partial charge >= 0.3 is 0 Å². The van der Waals surface area contributed by atoms with Crippen molar-refractivity contribution in [1.82, 2.24) is 9.78 Å². The summed E-state index contributed by atoms with van der Waals surface area (Å²) in [5.74, 6) is 1.75. The van der Waals surface area contributed by atoms with Gasteiger partial charge in [0.1, 0.15) is 5.02 Å². The topological polar surface area (TPSA) is 65.4 Å². The number of methoxy groups -OCH3 is 2. The van der Waals surface area contributed by atoms with Crippen molar-refractivity contribution >= 4 is 17.3 Å². The zero-order valence-corrected chi connectivity index (χ0v) is 15.1. The summed E-state index contributed by atoms with van der Waals surface area (Å²) < 4.78 is 11.8. The summed E-state index contributed by atoms with van der Waals surface area (Å²) in [4.78, 5) is 11.8. The molecule has 1 atom stereocenters. The number of anilines is 1. The average Bonchev–Trinajstić information content (AvgIpc) is 2.59. The van der Waals surface area contributed by atoms with Crippen LogP contribution in [0.25, 0.3) is 0 Å². The Morgan fingerprint density at radius 2 is 2.00 bits per heavy atom. The molecule has 1 unspecified atom stereocenters. The highest BCUT2D eigenvalue weighted by Gasteiger charge is 2.11. The number of halogens is 1. The minimum Gasteiger partial charge on any atom is -0.493 e. The molecule has 1 aromatic heterocycles. The molecule has 0 aliphatic rings. The van der Waals surface area contributed by atoms with E-state index in [1.165, 1.54) is 4.68 Å². The lowest BCUT2D eigenvalue weighted by atomic mass is 10.0. The lowest BCUT2D eigenvalue weighted by Gasteiger charge is -2.15. The number of rotatable bonds is 7. The van der Waals surface area contributed by atoms with Crippen LogP contribution in [0.4, 0.5) is 5.69 Å². The largest absolute Gasteiger partial charge is 0.493 e. The molecule has 24 heavy (non-hydrogen) atoms. The van der Waals surface area contributed by atoms with Crippen molar-refractivity contribution in [3.8, 4) is 11.5 Å². The summed E-state index contributed by atoms with van der Waals surface area (Å²) in [6.07, 6.45) is 2.41. The SMILES string of the molecule is COc1ccc(CC(C)CNc2cnn(C)c(=O)c2Cl)cc1OC. The van der Waals surface area contributed by atoms with Crippen molar-refractivity contribution in [2.45, 2.75) is 13.3 Å². The first-order valence-corrected chi connectivity index (χ1v) is 8.00. The van der Waals surface area contributed by atoms with Crippen LogP contribution in [0.1, 0.15) is 12.5 Å². The number of aromatic nitrogens is 2. The Balaban J connectivity index is 2.00. The fourth-order valence-electron chi connectivity index (χ4n) is 2.40. The average molecular weight is 352 g/mol. The number of aryl methyl sites for hydroxylation is 1. The molecule has 1 heterocycles. The highest BCUT2D eigenvalue weighted by molar-refractivity contribution is 6.32. The lowest BCUT2D eigenvalue weighted by Crippen LogP contribution is -2.22. The molecule has 0 saturated carbocycles. The van der Waals surface area contributed by atoms with Gasteiger partial charge in [0.2, 0.25) is 0 Å². The van der Waals surface area contributed by atoms with E-state index >= 15 is 0 Å². The molecule has 1 aromatic carbocycles. The summed E-state index contributed by atoms with van der Waals surface area (Å²) in [6.45, 7) is 2.79. The molecule has 0 aliphatic carbocycles. The summed E-state index contributed by atoms with van der Waals surface area (Å²) in [7, 11) is 4.81. The van der Waals surface area contributed by atoms with Crippen molar-refractivity contribution in [3.05, 3.63) is 45.3 Å². The fourth-order valence-corrected chi connectivity index (χ4v) is 2.64. The summed E-state index contributed by atoms with van der Waals surface area (Å²) in [5.41, 5.74) is 1.39. The van der Waals surface area contributed by atoms with Crippen LogP contribution < -0.4 is 20.3 Å². The maximum atomic E-state index is 11.8. The molecule has 130 valence electrons. The Morgan fingerprint density at radius 3 is 2.67 bits per heavy atom. The van der Waals surface area contributed by atoms with E-state index < -0.39 is 0 Å². The normalized spacial score (nSPS) is 11.9. The summed E-state index contributed by atoms with van der Waals surface area (Å²) >= 11 is 6.05. The maximum Gasteiger partial charge on any atom is 0.287 e. The molecule has 2 rings (SSSR count). The zero-order valence-electron chi connectivity index (χ0n) is 14.3. The second-order valence-corrected chi connectivity index (χ2v) is 6.06. The summed E-state index contributed by atoms with van der Waals surface area (Å²) in [5, 5.41) is 7.32. The monoisotopic (exact) mass is 351 g/mol. The number of benzene rings is 1. The van der Waals surface area contributed by atoms with Crippen LogP contribution >= 0.6 is 11.6 Å². The Bertz CT molecular complexity index is 761. The van der Waals surface area contributed by atoms with Crippen molar-refractivity contribution < 1.29 is 9.47 Å². The number of hydrogen-bond acceptors (Lipinski definition) is 5. The molecule has 0 amide bonds. The molecule has 0 fully saturated rings. The number of hydrogen-bond donors (Lipinski definition) is 1. The van der Waals surface area contributed by atoms with Crippen LogP contribution in [-0.4, -0.2) is 30.5 Å². The van der Waals surface area contributed by atoms with Gasteiger partial charge in [0.25, 0.3) is 5.56 Å². The molecule has 1 N–H and O–H groups in total. The Labute approximate surface area is 146 Å². The van der Waals surface area contributed by atoms with Gasteiger partial charge in [-0.3, -0.25) is 4.79 Å². The molecule has 0 spiro atoms. The Morgan fingerprint density at radius 1 is 1.29 bits per heavy atom. The van der Waals surface area contributed by atoms with Crippen LogP contribution in [0.5, 0.6) is 11.5 Å². The molecule has 7 heteroatoms. The molecule has 6 nitrogen and oxygen atoms in total. The first kappa shape index (κ1) is 18.1. The fraction of sp³-hybridized carbons (Fsp3) is 0.412. The third kappa shape index (κ3) is 4.20. The van der Waals surface area contributed by atoms with Gasteiger partial charge in [0.15, 0.2) is 11.5 Å².